The van der Waals surface area contributed by atoms with Crippen molar-refractivity contribution in [3.63, 3.8) is 0 Å². The minimum Gasteiger partial charge on any atom is -0.480 e. The van der Waals surface area contributed by atoms with Gasteiger partial charge in [-0.25, -0.2) is 0 Å². The van der Waals surface area contributed by atoms with E-state index in [0.717, 1.165) is 0 Å². The second-order valence-corrected chi connectivity index (χ2v) is 2.80. The molecule has 0 saturated heterocycles. The Morgan fingerprint density at radius 1 is 1.45 bits per heavy atom. The van der Waals surface area contributed by atoms with Crippen LogP contribution in [0.5, 0.6) is 0 Å². The summed E-state index contributed by atoms with van der Waals surface area (Å²) in [6.07, 6.45) is 0.211. The van der Waals surface area contributed by atoms with Gasteiger partial charge in [-0.1, -0.05) is 19.1 Å². The van der Waals surface area contributed by atoms with Crippen LogP contribution in [0.1, 0.15) is 20.3 Å². The topological polar surface area (TPSA) is 81.0 Å². The Morgan fingerprint density at radius 3 is 2.00 bits per heavy atom. The summed E-state index contributed by atoms with van der Waals surface area (Å²) >= 11 is 0. The molecule has 3 N–H and O–H groups in total. The zero-order valence-electron chi connectivity index (χ0n) is 6.56. The predicted molar refractivity (Wildman–Crippen MR) is 36.3 cm³/mol. The van der Waals surface area contributed by atoms with Gasteiger partial charge in [-0.15, -0.1) is 0 Å². The first-order chi connectivity index (χ1) is 4.95. The van der Waals surface area contributed by atoms with E-state index in [9.17, 15) is 4.79 Å². The maximum Gasteiger partial charge on any atom is 0.325 e. The number of nitrogens with zero attached hydrogens (tertiary/aromatic N) is 1. The quantitative estimate of drug-likeness (QED) is 0.528. The molecule has 0 aromatic heterocycles. The molecule has 0 saturated carbocycles. The Bertz CT molecular complexity index is 135. The van der Waals surface area contributed by atoms with Crippen molar-refractivity contribution in [2.75, 3.05) is 0 Å². The van der Waals surface area contributed by atoms with Gasteiger partial charge in [0.15, 0.2) is 6.04 Å². The highest BCUT2D eigenvalue weighted by atomic mass is 16.8. The lowest BCUT2D eigenvalue weighted by molar-refractivity contribution is -0.329. The maximum absolute atomic E-state index is 10.3. The Hall–Kier alpha value is -0.650. The number of hydrogen-bond acceptors (Lipinski definition) is 4. The van der Waals surface area contributed by atoms with Crippen LogP contribution >= 0.6 is 0 Å². The summed E-state index contributed by atoms with van der Waals surface area (Å²) in [6, 6.07) is -1.23. The van der Waals surface area contributed by atoms with Gasteiger partial charge in [0.25, 0.3) is 0 Å². The van der Waals surface area contributed by atoms with Crippen LogP contribution in [-0.4, -0.2) is 32.8 Å². The van der Waals surface area contributed by atoms with Crippen LogP contribution in [0.25, 0.3) is 0 Å². The minimum atomic E-state index is -1.23. The summed E-state index contributed by atoms with van der Waals surface area (Å²) in [5.74, 6) is -1.12. The average molecular weight is 163 g/mol. The van der Waals surface area contributed by atoms with Crippen molar-refractivity contribution in [1.82, 2.24) is 5.23 Å². The number of hydrogen-bond donors (Lipinski definition) is 3. The summed E-state index contributed by atoms with van der Waals surface area (Å²) in [5, 5.41) is 25.0. The van der Waals surface area contributed by atoms with Crippen LogP contribution in [0, 0.1) is 5.92 Å². The molecule has 0 bridgehead atoms. The van der Waals surface area contributed by atoms with Gasteiger partial charge in [0, 0.05) is 0 Å². The fourth-order valence-electron chi connectivity index (χ4n) is 0.740. The molecule has 0 rings (SSSR count). The predicted octanol–water partition coefficient (Wildman–Crippen LogP) is 0.566. The molecule has 0 aromatic carbocycles. The monoisotopic (exact) mass is 163 g/mol. The summed E-state index contributed by atoms with van der Waals surface area (Å²) in [7, 11) is 0. The van der Waals surface area contributed by atoms with Gasteiger partial charge in [-0.05, 0) is 12.3 Å². The molecule has 0 heterocycles. The van der Waals surface area contributed by atoms with E-state index < -0.39 is 12.0 Å². The minimum absolute atomic E-state index is 0.109. The number of carboxylic acid groups (broad SMARTS) is 1. The van der Waals surface area contributed by atoms with E-state index in [4.69, 9.17) is 15.5 Å². The molecule has 0 aliphatic heterocycles. The molecule has 5 nitrogen and oxygen atoms in total. The molecule has 0 aliphatic rings. The van der Waals surface area contributed by atoms with Crippen molar-refractivity contribution in [3.8, 4) is 0 Å². The summed E-state index contributed by atoms with van der Waals surface area (Å²) in [6.45, 7) is 3.61. The van der Waals surface area contributed by atoms with Crippen LogP contribution in [0.15, 0.2) is 0 Å². The highest BCUT2D eigenvalue weighted by molar-refractivity contribution is 5.72. The highest BCUT2D eigenvalue weighted by Gasteiger charge is 2.23. The first kappa shape index (κ1) is 10.3. The van der Waals surface area contributed by atoms with Gasteiger partial charge in [0.2, 0.25) is 0 Å². The molecule has 0 spiro atoms. The number of aliphatic carboxylic acids is 1. The Morgan fingerprint density at radius 2 is 1.91 bits per heavy atom. The summed E-state index contributed by atoms with van der Waals surface area (Å²) in [4.78, 5) is 10.3. The molecule has 0 fully saturated rings. The van der Waals surface area contributed by atoms with Gasteiger partial charge in [0.05, 0.1) is 0 Å². The fraction of sp³-hybridized carbons (Fsp3) is 0.833. The lowest BCUT2D eigenvalue weighted by Crippen LogP contribution is -2.37. The van der Waals surface area contributed by atoms with Crippen molar-refractivity contribution in [2.24, 2.45) is 5.92 Å². The fourth-order valence-corrected chi connectivity index (χ4v) is 0.740. The average Bonchev–Trinajstić information content (AvgIpc) is 1.81. The smallest absolute Gasteiger partial charge is 0.325 e. The van der Waals surface area contributed by atoms with Crippen molar-refractivity contribution >= 4 is 5.97 Å². The SMILES string of the molecule is CC(C)CC(C(=O)O)N(O)O. The van der Waals surface area contributed by atoms with Gasteiger partial charge in [-0.3, -0.25) is 15.2 Å². The first-order valence-electron chi connectivity index (χ1n) is 3.35. The molecule has 1 unspecified atom stereocenters. The van der Waals surface area contributed by atoms with E-state index >= 15 is 0 Å². The molecular formula is C6H13NO4. The lowest BCUT2D eigenvalue weighted by Gasteiger charge is -2.17. The molecular weight excluding hydrogens is 150 g/mol. The number of hydroxylamine groups is 2. The third-order valence-corrected chi connectivity index (χ3v) is 1.26. The zero-order valence-corrected chi connectivity index (χ0v) is 6.56. The third kappa shape index (κ3) is 3.92. The Labute approximate surface area is 64.8 Å². The zero-order chi connectivity index (χ0) is 9.02. The first-order valence-corrected chi connectivity index (χ1v) is 3.35. The molecule has 1 atom stereocenters. The molecule has 0 radical (unpaired) electrons. The van der Waals surface area contributed by atoms with Crippen LogP contribution in [0.2, 0.25) is 0 Å². The summed E-state index contributed by atoms with van der Waals surface area (Å²) < 4.78 is 0. The molecule has 0 aliphatic carbocycles. The number of carboxylic acids is 1. The number of carbonyl (C=O) groups is 1. The van der Waals surface area contributed by atoms with Crippen molar-refractivity contribution < 1.29 is 20.3 Å². The van der Waals surface area contributed by atoms with Crippen LogP contribution in [0.3, 0.4) is 0 Å². The van der Waals surface area contributed by atoms with Crippen LogP contribution in [-0.2, 0) is 4.79 Å². The molecule has 66 valence electrons. The van der Waals surface area contributed by atoms with E-state index in [1.54, 1.807) is 13.8 Å². The normalized spacial score (nSPS) is 14.0. The summed E-state index contributed by atoms with van der Waals surface area (Å²) in [5.41, 5.74) is 0. The van der Waals surface area contributed by atoms with Crippen molar-refractivity contribution in [1.29, 1.82) is 0 Å². The van der Waals surface area contributed by atoms with Gasteiger partial charge < -0.3 is 5.11 Å². The largest absolute Gasteiger partial charge is 0.480 e. The third-order valence-electron chi connectivity index (χ3n) is 1.26. The molecule has 0 aromatic rings. The maximum atomic E-state index is 10.3. The van der Waals surface area contributed by atoms with E-state index in [2.05, 4.69) is 0 Å². The van der Waals surface area contributed by atoms with Crippen LogP contribution < -0.4 is 0 Å². The second-order valence-electron chi connectivity index (χ2n) is 2.80. The van der Waals surface area contributed by atoms with Crippen molar-refractivity contribution in [2.45, 2.75) is 26.3 Å². The van der Waals surface area contributed by atoms with E-state index in [1.807, 2.05) is 0 Å². The molecule has 5 heteroatoms. The lowest BCUT2D eigenvalue weighted by atomic mass is 10.0. The highest BCUT2D eigenvalue weighted by Crippen LogP contribution is 2.08. The Kier molecular flexibility index (Phi) is 4.02. The van der Waals surface area contributed by atoms with Crippen LogP contribution in [0.4, 0.5) is 0 Å². The number of rotatable bonds is 4. The van der Waals surface area contributed by atoms with Gasteiger partial charge >= 0.3 is 5.97 Å². The van der Waals surface area contributed by atoms with Crippen molar-refractivity contribution in [3.05, 3.63) is 0 Å². The standard InChI is InChI=1S/C6H13NO4/c1-4(2)3-5(6(8)9)7(10)11/h4-5,10-11H,3H2,1-2H3,(H,8,9). The second kappa shape index (κ2) is 4.27. The van der Waals surface area contributed by atoms with E-state index in [-0.39, 0.29) is 17.6 Å². The Balaban J connectivity index is 4.01. The molecule has 11 heavy (non-hydrogen) atoms. The van der Waals surface area contributed by atoms with E-state index in [1.165, 1.54) is 0 Å². The molecule has 0 amide bonds. The van der Waals surface area contributed by atoms with E-state index in [0.29, 0.717) is 0 Å². The van der Waals surface area contributed by atoms with Gasteiger partial charge in [0.1, 0.15) is 0 Å². The van der Waals surface area contributed by atoms with Gasteiger partial charge in [-0.2, -0.15) is 0 Å².